The van der Waals surface area contributed by atoms with Crippen LogP contribution in [0.3, 0.4) is 0 Å². The van der Waals surface area contributed by atoms with Gasteiger partial charge in [-0.25, -0.2) is 4.39 Å². The van der Waals surface area contributed by atoms with Gasteiger partial charge in [-0.3, -0.25) is 4.90 Å². The molecule has 1 aliphatic heterocycles. The summed E-state index contributed by atoms with van der Waals surface area (Å²) >= 11 is 0. The molecule has 5 heteroatoms. The van der Waals surface area contributed by atoms with E-state index in [4.69, 9.17) is 4.52 Å². The molecule has 0 unspecified atom stereocenters. The lowest BCUT2D eigenvalue weighted by molar-refractivity contribution is 0.179. The Balaban J connectivity index is 1.66. The van der Waals surface area contributed by atoms with Crippen LogP contribution in [-0.2, 0) is 6.54 Å². The predicted molar refractivity (Wildman–Crippen MR) is 73.4 cm³/mol. The molecule has 1 aromatic heterocycles. The van der Waals surface area contributed by atoms with E-state index >= 15 is 0 Å². The highest BCUT2D eigenvalue weighted by molar-refractivity contribution is 5.52. The van der Waals surface area contributed by atoms with Gasteiger partial charge in [0.15, 0.2) is 5.82 Å². The van der Waals surface area contributed by atoms with Crippen LogP contribution >= 0.6 is 0 Å². The number of benzene rings is 1. The highest BCUT2D eigenvalue weighted by Crippen LogP contribution is 2.20. The maximum atomic E-state index is 12.9. The van der Waals surface area contributed by atoms with Crippen LogP contribution in [0.5, 0.6) is 0 Å². The van der Waals surface area contributed by atoms with Crippen molar-refractivity contribution >= 4 is 0 Å². The summed E-state index contributed by atoms with van der Waals surface area (Å²) in [5.74, 6) is 1.69. The van der Waals surface area contributed by atoms with Crippen molar-refractivity contribution in [2.24, 2.45) is 5.92 Å². The van der Waals surface area contributed by atoms with E-state index in [-0.39, 0.29) is 5.82 Å². The second kappa shape index (κ2) is 5.71. The van der Waals surface area contributed by atoms with E-state index in [2.05, 4.69) is 22.0 Å². The second-order valence-electron chi connectivity index (χ2n) is 5.48. The number of nitrogens with zero attached hydrogens (tertiary/aromatic N) is 3. The first-order valence-electron chi connectivity index (χ1n) is 7.01. The second-order valence-corrected chi connectivity index (χ2v) is 5.48. The molecule has 0 aliphatic carbocycles. The van der Waals surface area contributed by atoms with Crippen LogP contribution in [0.1, 0.15) is 25.6 Å². The number of rotatable bonds is 3. The van der Waals surface area contributed by atoms with E-state index < -0.39 is 0 Å². The summed E-state index contributed by atoms with van der Waals surface area (Å²) in [6, 6.07) is 6.08. The van der Waals surface area contributed by atoms with E-state index in [0.29, 0.717) is 11.7 Å². The fraction of sp³-hybridized carbons (Fsp3) is 0.467. The molecule has 0 radical (unpaired) electrons. The molecule has 2 heterocycles. The van der Waals surface area contributed by atoms with Gasteiger partial charge in [0.25, 0.3) is 5.89 Å². The van der Waals surface area contributed by atoms with Crippen LogP contribution in [0.2, 0.25) is 0 Å². The Labute approximate surface area is 117 Å². The van der Waals surface area contributed by atoms with Crippen molar-refractivity contribution in [2.45, 2.75) is 26.3 Å². The molecule has 1 saturated heterocycles. The average molecular weight is 275 g/mol. The van der Waals surface area contributed by atoms with Crippen molar-refractivity contribution in [2.75, 3.05) is 13.1 Å². The summed E-state index contributed by atoms with van der Waals surface area (Å²) in [6.07, 6.45) is 2.45. The zero-order valence-electron chi connectivity index (χ0n) is 11.6. The van der Waals surface area contributed by atoms with Crippen LogP contribution in [0.25, 0.3) is 11.5 Å². The first kappa shape index (κ1) is 13.2. The van der Waals surface area contributed by atoms with Crippen LogP contribution < -0.4 is 0 Å². The van der Waals surface area contributed by atoms with Crippen LogP contribution in [0.4, 0.5) is 4.39 Å². The lowest BCUT2D eigenvalue weighted by Gasteiger charge is -2.28. The molecule has 3 rings (SSSR count). The van der Waals surface area contributed by atoms with E-state index in [0.717, 1.165) is 31.1 Å². The molecule has 1 aliphatic rings. The average Bonchev–Trinajstić information content (AvgIpc) is 2.91. The summed E-state index contributed by atoms with van der Waals surface area (Å²) in [7, 11) is 0. The molecule has 0 amide bonds. The molecule has 2 aromatic rings. The number of halogens is 1. The van der Waals surface area contributed by atoms with Gasteiger partial charge in [-0.1, -0.05) is 12.1 Å². The molecule has 20 heavy (non-hydrogen) atoms. The van der Waals surface area contributed by atoms with Gasteiger partial charge in [0.05, 0.1) is 6.54 Å². The standard InChI is InChI=1S/C15H18FN3O/c1-11-6-8-19(9-7-11)10-14-17-15(20-18-14)12-2-4-13(16)5-3-12/h2-5,11H,6-10H2,1H3. The molecule has 0 N–H and O–H groups in total. The van der Waals surface area contributed by atoms with Crippen molar-refractivity contribution < 1.29 is 8.91 Å². The minimum atomic E-state index is -0.268. The third-order valence-corrected chi connectivity index (χ3v) is 3.80. The fourth-order valence-electron chi connectivity index (χ4n) is 2.45. The zero-order chi connectivity index (χ0) is 13.9. The number of likely N-dealkylation sites (tertiary alicyclic amines) is 1. The fourth-order valence-corrected chi connectivity index (χ4v) is 2.45. The summed E-state index contributed by atoms with van der Waals surface area (Å²) in [4.78, 5) is 6.73. The molecular formula is C15H18FN3O. The highest BCUT2D eigenvalue weighted by atomic mass is 19.1. The lowest BCUT2D eigenvalue weighted by Crippen LogP contribution is -2.32. The Bertz CT molecular complexity index is 559. The predicted octanol–water partition coefficient (Wildman–Crippen LogP) is 3.11. The van der Waals surface area contributed by atoms with Gasteiger partial charge >= 0.3 is 0 Å². The number of hydrogen-bond donors (Lipinski definition) is 0. The summed E-state index contributed by atoms with van der Waals surface area (Å²) in [6.45, 7) is 5.18. The van der Waals surface area contributed by atoms with E-state index in [1.54, 1.807) is 12.1 Å². The Kier molecular flexibility index (Phi) is 3.78. The van der Waals surface area contributed by atoms with Gasteiger partial charge < -0.3 is 4.52 Å². The molecular weight excluding hydrogens is 257 g/mol. The van der Waals surface area contributed by atoms with Gasteiger partial charge in [-0.15, -0.1) is 0 Å². The third kappa shape index (κ3) is 3.04. The van der Waals surface area contributed by atoms with Crippen LogP contribution in [0.15, 0.2) is 28.8 Å². The minimum Gasteiger partial charge on any atom is -0.334 e. The molecule has 0 bridgehead atoms. The first-order chi connectivity index (χ1) is 9.70. The smallest absolute Gasteiger partial charge is 0.257 e. The van der Waals surface area contributed by atoms with E-state index in [9.17, 15) is 4.39 Å². The highest BCUT2D eigenvalue weighted by Gasteiger charge is 2.18. The third-order valence-electron chi connectivity index (χ3n) is 3.80. The summed E-state index contributed by atoms with van der Waals surface area (Å²) in [5.41, 5.74) is 0.748. The van der Waals surface area contributed by atoms with Crippen molar-refractivity contribution in [3.8, 4) is 11.5 Å². The van der Waals surface area contributed by atoms with Gasteiger partial charge in [-0.05, 0) is 56.1 Å². The number of aromatic nitrogens is 2. The Morgan fingerprint density at radius 3 is 2.65 bits per heavy atom. The topological polar surface area (TPSA) is 42.2 Å². The molecule has 1 fully saturated rings. The monoisotopic (exact) mass is 275 g/mol. The summed E-state index contributed by atoms with van der Waals surface area (Å²) < 4.78 is 18.1. The van der Waals surface area contributed by atoms with Crippen molar-refractivity contribution in [3.63, 3.8) is 0 Å². The normalized spacial score (nSPS) is 17.5. The van der Waals surface area contributed by atoms with Crippen molar-refractivity contribution in [1.29, 1.82) is 0 Å². The Morgan fingerprint density at radius 2 is 1.95 bits per heavy atom. The molecule has 106 valence electrons. The Morgan fingerprint density at radius 1 is 1.25 bits per heavy atom. The number of piperidine rings is 1. The van der Waals surface area contributed by atoms with Gasteiger partial charge in [0.1, 0.15) is 5.82 Å². The lowest BCUT2D eigenvalue weighted by atomic mass is 9.99. The van der Waals surface area contributed by atoms with Gasteiger partial charge in [0, 0.05) is 5.56 Å². The largest absolute Gasteiger partial charge is 0.334 e. The van der Waals surface area contributed by atoms with Gasteiger partial charge in [0.2, 0.25) is 0 Å². The SMILES string of the molecule is CC1CCN(Cc2noc(-c3ccc(F)cc3)n2)CC1. The van der Waals surface area contributed by atoms with Crippen LogP contribution in [0, 0.1) is 11.7 Å². The molecule has 0 saturated carbocycles. The van der Waals surface area contributed by atoms with Crippen LogP contribution in [-0.4, -0.2) is 28.1 Å². The first-order valence-corrected chi connectivity index (χ1v) is 7.01. The minimum absolute atomic E-state index is 0.268. The quantitative estimate of drug-likeness (QED) is 0.863. The summed E-state index contributed by atoms with van der Waals surface area (Å²) in [5, 5.41) is 4.01. The molecule has 0 spiro atoms. The number of hydrogen-bond acceptors (Lipinski definition) is 4. The molecule has 0 atom stereocenters. The van der Waals surface area contributed by atoms with E-state index in [1.807, 2.05) is 0 Å². The maximum absolute atomic E-state index is 12.9. The molecule has 1 aromatic carbocycles. The Hall–Kier alpha value is -1.75. The van der Waals surface area contributed by atoms with E-state index in [1.165, 1.54) is 25.0 Å². The zero-order valence-corrected chi connectivity index (χ0v) is 11.6. The maximum Gasteiger partial charge on any atom is 0.257 e. The van der Waals surface area contributed by atoms with Gasteiger partial charge in [-0.2, -0.15) is 4.98 Å². The van der Waals surface area contributed by atoms with Crippen molar-refractivity contribution in [3.05, 3.63) is 35.9 Å². The molecule has 4 nitrogen and oxygen atoms in total. The van der Waals surface area contributed by atoms with Crippen molar-refractivity contribution in [1.82, 2.24) is 15.0 Å².